The number of amides is 1. The summed E-state index contributed by atoms with van der Waals surface area (Å²) < 4.78 is 13.8. The molecule has 0 bridgehead atoms. The van der Waals surface area contributed by atoms with Crippen molar-refractivity contribution in [2.24, 2.45) is 0 Å². The minimum absolute atomic E-state index is 0.0765. The van der Waals surface area contributed by atoms with E-state index in [0.29, 0.717) is 18.7 Å². The molecular weight excluding hydrogens is 323 g/mol. The molecule has 0 atom stereocenters. The lowest BCUT2D eigenvalue weighted by Crippen LogP contribution is -2.30. The maximum Gasteiger partial charge on any atom is 0.271 e. The second-order valence-electron chi connectivity index (χ2n) is 5.24. The Morgan fingerprint density at radius 3 is 2.83 bits per heavy atom. The van der Waals surface area contributed by atoms with E-state index in [2.05, 4.69) is 0 Å². The first-order valence-corrected chi connectivity index (χ1v) is 7.35. The zero-order valence-electron chi connectivity index (χ0n) is 12.0. The fraction of sp³-hybridized carbons (Fsp3) is 0.188. The van der Waals surface area contributed by atoms with Gasteiger partial charge in [0.05, 0.1) is 17.0 Å². The van der Waals surface area contributed by atoms with Gasteiger partial charge in [0.15, 0.2) is 0 Å². The predicted octanol–water partition coefficient (Wildman–Crippen LogP) is 3.52. The molecule has 118 valence electrons. The molecule has 0 aromatic heterocycles. The molecule has 1 aliphatic rings. The highest BCUT2D eigenvalue weighted by atomic mass is 35.5. The molecule has 23 heavy (non-hydrogen) atoms. The molecule has 2 aromatic rings. The summed E-state index contributed by atoms with van der Waals surface area (Å²) in [5, 5.41) is 11.1. The van der Waals surface area contributed by atoms with Gasteiger partial charge in [0, 0.05) is 29.3 Å². The summed E-state index contributed by atoms with van der Waals surface area (Å²) in [6.45, 7) is 0.418. The number of halogens is 2. The highest BCUT2D eigenvalue weighted by Crippen LogP contribution is 2.32. The Balaban J connectivity index is 1.89. The summed E-state index contributed by atoms with van der Waals surface area (Å²) >= 11 is 5.95. The molecule has 1 heterocycles. The third kappa shape index (κ3) is 2.90. The van der Waals surface area contributed by atoms with Crippen molar-refractivity contribution in [3.8, 4) is 0 Å². The smallest absolute Gasteiger partial charge is 0.271 e. The molecule has 0 aliphatic carbocycles. The van der Waals surface area contributed by atoms with E-state index < -0.39 is 10.7 Å². The molecule has 0 spiro atoms. The summed E-state index contributed by atoms with van der Waals surface area (Å²) in [5.41, 5.74) is 1.44. The van der Waals surface area contributed by atoms with Crippen molar-refractivity contribution in [3.05, 3.63) is 68.5 Å². The monoisotopic (exact) mass is 334 g/mol. The third-order valence-electron chi connectivity index (χ3n) is 3.87. The lowest BCUT2D eigenvalue weighted by molar-refractivity contribution is -0.384. The highest BCUT2D eigenvalue weighted by molar-refractivity contribution is 6.31. The minimum atomic E-state index is -0.538. The van der Waals surface area contributed by atoms with Gasteiger partial charge >= 0.3 is 0 Å². The number of nitro benzene ring substituents is 1. The summed E-state index contributed by atoms with van der Waals surface area (Å²) in [6.07, 6.45) is 0.428. The van der Waals surface area contributed by atoms with Gasteiger partial charge < -0.3 is 4.90 Å². The summed E-state index contributed by atoms with van der Waals surface area (Å²) in [4.78, 5) is 24.3. The van der Waals surface area contributed by atoms with Crippen LogP contribution in [0.25, 0.3) is 0 Å². The molecule has 5 nitrogen and oxygen atoms in total. The molecule has 0 N–H and O–H groups in total. The van der Waals surface area contributed by atoms with Crippen LogP contribution in [0, 0.1) is 15.9 Å². The molecular formula is C16H12ClFN2O3. The molecule has 1 aliphatic heterocycles. The molecule has 7 heteroatoms. The van der Waals surface area contributed by atoms with Crippen LogP contribution in [-0.4, -0.2) is 17.4 Å². The van der Waals surface area contributed by atoms with Crippen molar-refractivity contribution >= 4 is 28.9 Å². The molecule has 0 radical (unpaired) electrons. The lowest BCUT2D eigenvalue weighted by Gasteiger charge is -2.17. The molecule has 0 saturated heterocycles. The standard InChI is InChI=1S/C16H12ClFN2O3/c17-13-2-1-3-14(18)12(13)9-16(21)19-7-6-10-4-5-11(20(22)23)8-15(10)19/h1-5,8H,6-7,9H2. The van der Waals surface area contributed by atoms with Crippen LogP contribution >= 0.6 is 11.6 Å². The van der Waals surface area contributed by atoms with Crippen LogP contribution < -0.4 is 4.90 Å². The molecule has 3 rings (SSSR count). The van der Waals surface area contributed by atoms with Gasteiger partial charge in [-0.05, 0) is 24.1 Å². The van der Waals surface area contributed by atoms with Gasteiger partial charge in [0.2, 0.25) is 5.91 Å². The molecule has 0 saturated carbocycles. The fourth-order valence-electron chi connectivity index (χ4n) is 2.69. The average molecular weight is 335 g/mol. The van der Waals surface area contributed by atoms with Crippen LogP contribution in [0.2, 0.25) is 5.02 Å². The van der Waals surface area contributed by atoms with E-state index in [4.69, 9.17) is 11.6 Å². The van der Waals surface area contributed by atoms with Gasteiger partial charge in [-0.3, -0.25) is 14.9 Å². The van der Waals surface area contributed by atoms with Gasteiger partial charge in [0.25, 0.3) is 5.69 Å². The second kappa shape index (κ2) is 5.96. The van der Waals surface area contributed by atoms with Crippen LogP contribution in [-0.2, 0) is 17.6 Å². The van der Waals surface area contributed by atoms with Crippen LogP contribution in [0.3, 0.4) is 0 Å². The zero-order chi connectivity index (χ0) is 16.6. The Bertz CT molecular complexity index is 790. The zero-order valence-corrected chi connectivity index (χ0v) is 12.7. The van der Waals surface area contributed by atoms with Crippen LogP contribution in [0.15, 0.2) is 36.4 Å². The largest absolute Gasteiger partial charge is 0.311 e. The number of carbonyl (C=O) groups excluding carboxylic acids is 1. The van der Waals surface area contributed by atoms with Gasteiger partial charge in [-0.2, -0.15) is 0 Å². The summed E-state index contributed by atoms with van der Waals surface area (Å²) in [7, 11) is 0. The van der Waals surface area contributed by atoms with Crippen molar-refractivity contribution in [3.63, 3.8) is 0 Å². The van der Waals surface area contributed by atoms with E-state index in [0.717, 1.165) is 5.56 Å². The summed E-state index contributed by atoms with van der Waals surface area (Å²) in [5.74, 6) is -0.874. The number of fused-ring (bicyclic) bond motifs is 1. The van der Waals surface area contributed by atoms with E-state index in [9.17, 15) is 19.3 Å². The van der Waals surface area contributed by atoms with E-state index >= 15 is 0 Å². The number of anilines is 1. The van der Waals surface area contributed by atoms with Crippen molar-refractivity contribution in [1.29, 1.82) is 0 Å². The van der Waals surface area contributed by atoms with E-state index in [1.54, 1.807) is 6.07 Å². The van der Waals surface area contributed by atoms with E-state index in [-0.39, 0.29) is 28.6 Å². The first-order valence-electron chi connectivity index (χ1n) is 6.98. The number of hydrogen-bond acceptors (Lipinski definition) is 3. The molecule has 0 fully saturated rings. The van der Waals surface area contributed by atoms with Crippen molar-refractivity contribution in [2.45, 2.75) is 12.8 Å². The van der Waals surface area contributed by atoms with Crippen molar-refractivity contribution < 1.29 is 14.1 Å². The quantitative estimate of drug-likeness (QED) is 0.637. The number of non-ortho nitro benzene ring substituents is 1. The molecule has 2 aromatic carbocycles. The van der Waals surface area contributed by atoms with Gasteiger partial charge in [-0.25, -0.2) is 4.39 Å². The normalized spacial score (nSPS) is 13.0. The fourth-order valence-corrected chi connectivity index (χ4v) is 2.92. The Kier molecular flexibility index (Phi) is 4.00. The number of rotatable bonds is 3. The van der Waals surface area contributed by atoms with E-state index in [1.165, 1.54) is 35.2 Å². The SMILES string of the molecule is O=C(Cc1c(F)cccc1Cl)N1CCc2ccc([N+](=O)[O-])cc21. The molecule has 1 amide bonds. The van der Waals surface area contributed by atoms with Gasteiger partial charge in [-0.15, -0.1) is 0 Å². The Hall–Kier alpha value is -2.47. The maximum absolute atomic E-state index is 13.8. The van der Waals surface area contributed by atoms with Crippen LogP contribution in [0.1, 0.15) is 11.1 Å². The highest BCUT2D eigenvalue weighted by Gasteiger charge is 2.27. The average Bonchev–Trinajstić information content (AvgIpc) is 2.94. The number of nitrogens with zero attached hydrogens (tertiary/aromatic N) is 2. The Labute approximate surface area is 136 Å². The van der Waals surface area contributed by atoms with Crippen LogP contribution in [0.5, 0.6) is 0 Å². The van der Waals surface area contributed by atoms with Crippen molar-refractivity contribution in [1.82, 2.24) is 0 Å². The van der Waals surface area contributed by atoms with Crippen LogP contribution in [0.4, 0.5) is 15.8 Å². The first-order chi connectivity index (χ1) is 11.0. The van der Waals surface area contributed by atoms with Gasteiger partial charge in [-0.1, -0.05) is 23.7 Å². The number of carbonyl (C=O) groups is 1. The number of hydrogen-bond donors (Lipinski definition) is 0. The minimum Gasteiger partial charge on any atom is -0.311 e. The third-order valence-corrected chi connectivity index (χ3v) is 4.22. The Morgan fingerprint density at radius 2 is 2.13 bits per heavy atom. The number of benzene rings is 2. The van der Waals surface area contributed by atoms with Crippen molar-refractivity contribution in [2.75, 3.05) is 11.4 Å². The second-order valence-corrected chi connectivity index (χ2v) is 5.65. The summed E-state index contributed by atoms with van der Waals surface area (Å²) in [6, 6.07) is 8.69. The predicted molar refractivity (Wildman–Crippen MR) is 84.3 cm³/mol. The topological polar surface area (TPSA) is 63.5 Å². The lowest BCUT2D eigenvalue weighted by atomic mass is 10.1. The van der Waals surface area contributed by atoms with E-state index in [1.807, 2.05) is 0 Å². The number of nitro groups is 1. The molecule has 0 unspecified atom stereocenters. The Morgan fingerprint density at radius 1 is 1.35 bits per heavy atom. The first kappa shape index (κ1) is 15.4. The maximum atomic E-state index is 13.8. The van der Waals surface area contributed by atoms with Gasteiger partial charge in [0.1, 0.15) is 5.82 Å².